The molecule has 7 heteroatoms. The Balaban J connectivity index is 1.61. The number of nitrogens with one attached hydrogen (secondary N) is 2. The van der Waals surface area contributed by atoms with E-state index in [0.717, 1.165) is 49.8 Å². The molecule has 0 amide bonds. The van der Waals surface area contributed by atoms with E-state index >= 15 is 0 Å². The van der Waals surface area contributed by atoms with Crippen LogP contribution in [0.15, 0.2) is 29.4 Å². The first-order valence-corrected chi connectivity index (χ1v) is 9.02. The van der Waals surface area contributed by atoms with E-state index in [1.54, 1.807) is 13.3 Å². The van der Waals surface area contributed by atoms with Crippen molar-refractivity contribution in [3.8, 4) is 5.75 Å². The van der Waals surface area contributed by atoms with Crippen LogP contribution in [0.5, 0.6) is 5.75 Å². The zero-order valence-corrected chi connectivity index (χ0v) is 15.2. The number of fused-ring (bicyclic) bond motifs is 1. The molecule has 0 spiro atoms. The van der Waals surface area contributed by atoms with Crippen molar-refractivity contribution < 1.29 is 4.74 Å². The highest BCUT2D eigenvalue weighted by Crippen LogP contribution is 2.28. The maximum Gasteiger partial charge on any atom is 0.227 e. The summed E-state index contributed by atoms with van der Waals surface area (Å²) in [6.45, 7) is 5.81. The number of hydrogen-bond acceptors (Lipinski definition) is 7. The van der Waals surface area contributed by atoms with Crippen LogP contribution in [0.3, 0.4) is 0 Å². The van der Waals surface area contributed by atoms with Gasteiger partial charge >= 0.3 is 0 Å². The van der Waals surface area contributed by atoms with E-state index in [1.807, 2.05) is 12.3 Å². The zero-order chi connectivity index (χ0) is 17.9. The molecule has 0 radical (unpaired) electrons. The Labute approximate surface area is 153 Å². The van der Waals surface area contributed by atoms with Crippen LogP contribution in [-0.2, 0) is 6.54 Å². The Bertz CT molecular complexity index is 822. The van der Waals surface area contributed by atoms with Crippen LogP contribution in [0, 0.1) is 0 Å². The molecular weight excluding hydrogens is 328 g/mol. The van der Waals surface area contributed by atoms with Crippen molar-refractivity contribution in [3.63, 3.8) is 0 Å². The first-order valence-electron chi connectivity index (χ1n) is 9.02. The second-order valence-corrected chi connectivity index (χ2v) is 6.75. The van der Waals surface area contributed by atoms with Gasteiger partial charge in [-0.15, -0.1) is 0 Å². The first-order chi connectivity index (χ1) is 12.7. The largest absolute Gasteiger partial charge is 0.491 e. The number of nitrogens with zero attached hydrogens (tertiary/aromatic N) is 4. The predicted octanol–water partition coefficient (Wildman–Crippen LogP) is 2.35. The average Bonchev–Trinajstić information content (AvgIpc) is 3.01. The minimum atomic E-state index is 0.413. The van der Waals surface area contributed by atoms with Gasteiger partial charge in [0.05, 0.1) is 19.9 Å². The van der Waals surface area contributed by atoms with Crippen LogP contribution in [0.4, 0.5) is 17.5 Å². The average molecular weight is 352 g/mol. The van der Waals surface area contributed by atoms with Gasteiger partial charge in [0.15, 0.2) is 11.6 Å². The van der Waals surface area contributed by atoms with Crippen molar-refractivity contribution in [2.45, 2.75) is 25.9 Å². The third-order valence-electron chi connectivity index (χ3n) is 4.74. The SMILES string of the molecule is COc1cnc(N2CCCNC(C)C2)nc1Nc1ccc2c(c1)C=NC2. The summed E-state index contributed by atoms with van der Waals surface area (Å²) in [4.78, 5) is 15.8. The molecule has 1 saturated heterocycles. The molecule has 2 aliphatic rings. The lowest BCUT2D eigenvalue weighted by Gasteiger charge is -2.23. The fourth-order valence-electron chi connectivity index (χ4n) is 3.36. The summed E-state index contributed by atoms with van der Waals surface area (Å²) >= 11 is 0. The van der Waals surface area contributed by atoms with Gasteiger partial charge in [0.1, 0.15) is 0 Å². The summed E-state index contributed by atoms with van der Waals surface area (Å²) < 4.78 is 5.45. The van der Waals surface area contributed by atoms with Crippen molar-refractivity contribution in [1.82, 2.24) is 15.3 Å². The summed E-state index contributed by atoms with van der Waals surface area (Å²) in [6, 6.07) is 6.65. The van der Waals surface area contributed by atoms with Crippen molar-refractivity contribution >= 4 is 23.7 Å². The summed E-state index contributed by atoms with van der Waals surface area (Å²) in [5.41, 5.74) is 3.36. The smallest absolute Gasteiger partial charge is 0.227 e. The van der Waals surface area contributed by atoms with Crippen LogP contribution in [0.2, 0.25) is 0 Å². The molecule has 7 nitrogen and oxygen atoms in total. The fraction of sp³-hybridized carbons (Fsp3) is 0.421. The highest BCUT2D eigenvalue weighted by molar-refractivity contribution is 5.86. The molecule has 1 aromatic heterocycles. The van der Waals surface area contributed by atoms with Crippen LogP contribution in [0.1, 0.15) is 24.5 Å². The zero-order valence-electron chi connectivity index (χ0n) is 15.2. The lowest BCUT2D eigenvalue weighted by Crippen LogP contribution is -2.36. The Kier molecular flexibility index (Phi) is 4.71. The molecule has 2 aromatic rings. The van der Waals surface area contributed by atoms with Crippen LogP contribution in [-0.4, -0.2) is 49.0 Å². The number of rotatable bonds is 4. The number of hydrogen-bond donors (Lipinski definition) is 2. The number of aliphatic imine (C=N–C) groups is 1. The van der Waals surface area contributed by atoms with E-state index in [0.29, 0.717) is 17.6 Å². The van der Waals surface area contributed by atoms with Crippen LogP contribution in [0.25, 0.3) is 0 Å². The van der Waals surface area contributed by atoms with Crippen molar-refractivity contribution in [1.29, 1.82) is 0 Å². The van der Waals surface area contributed by atoms with Crippen molar-refractivity contribution in [3.05, 3.63) is 35.5 Å². The predicted molar refractivity (Wildman–Crippen MR) is 104 cm³/mol. The van der Waals surface area contributed by atoms with Crippen LogP contribution >= 0.6 is 0 Å². The Hall–Kier alpha value is -2.67. The van der Waals surface area contributed by atoms with Gasteiger partial charge in [0, 0.05) is 31.0 Å². The van der Waals surface area contributed by atoms with Gasteiger partial charge in [-0.2, -0.15) is 4.98 Å². The maximum absolute atomic E-state index is 5.45. The maximum atomic E-state index is 5.45. The van der Waals surface area contributed by atoms with Gasteiger partial charge in [-0.3, -0.25) is 4.99 Å². The van der Waals surface area contributed by atoms with E-state index in [1.165, 1.54) is 5.56 Å². The second-order valence-electron chi connectivity index (χ2n) is 6.75. The molecule has 0 saturated carbocycles. The van der Waals surface area contributed by atoms with E-state index < -0.39 is 0 Å². The monoisotopic (exact) mass is 352 g/mol. The lowest BCUT2D eigenvalue weighted by molar-refractivity contribution is 0.413. The van der Waals surface area contributed by atoms with Gasteiger partial charge in [-0.25, -0.2) is 4.98 Å². The molecule has 3 heterocycles. The van der Waals surface area contributed by atoms with Gasteiger partial charge in [0.2, 0.25) is 5.95 Å². The first kappa shape index (κ1) is 16.8. The van der Waals surface area contributed by atoms with Crippen molar-refractivity contribution in [2.75, 3.05) is 37.0 Å². The van der Waals surface area contributed by atoms with Gasteiger partial charge in [-0.1, -0.05) is 6.07 Å². The topological polar surface area (TPSA) is 74.7 Å². The standard InChI is InChI=1S/C19H24N6O/c1-13-12-25(7-3-6-21-13)19-22-11-17(26-2)18(24-19)23-16-5-4-14-9-20-10-15(14)8-16/h4-5,8,10-11,13,21H,3,6-7,9,12H2,1-2H3,(H,22,23,24). The van der Waals surface area contributed by atoms with E-state index in [-0.39, 0.29) is 0 Å². The Morgan fingerprint density at radius 1 is 1.35 bits per heavy atom. The third-order valence-corrected chi connectivity index (χ3v) is 4.74. The molecule has 1 unspecified atom stereocenters. The van der Waals surface area contributed by atoms with Gasteiger partial charge in [0.25, 0.3) is 0 Å². The van der Waals surface area contributed by atoms with E-state index in [4.69, 9.17) is 9.72 Å². The third kappa shape index (κ3) is 3.48. The molecule has 2 aliphatic heterocycles. The normalized spacial score (nSPS) is 19.2. The summed E-state index contributed by atoms with van der Waals surface area (Å²) in [5, 5.41) is 6.87. The number of benzene rings is 1. The second kappa shape index (κ2) is 7.29. The minimum absolute atomic E-state index is 0.413. The molecule has 1 aromatic carbocycles. The summed E-state index contributed by atoms with van der Waals surface area (Å²) in [6.07, 6.45) is 4.73. The Morgan fingerprint density at radius 3 is 3.15 bits per heavy atom. The Morgan fingerprint density at radius 2 is 2.27 bits per heavy atom. The van der Waals surface area contributed by atoms with Crippen molar-refractivity contribution in [2.24, 2.45) is 4.99 Å². The molecule has 0 bridgehead atoms. The number of methoxy groups -OCH3 is 1. The molecule has 1 atom stereocenters. The molecule has 2 N–H and O–H groups in total. The molecule has 1 fully saturated rings. The van der Waals surface area contributed by atoms with Crippen LogP contribution < -0.4 is 20.3 Å². The summed E-state index contributed by atoms with van der Waals surface area (Å²) in [7, 11) is 1.64. The van der Waals surface area contributed by atoms with E-state index in [2.05, 4.69) is 44.6 Å². The molecule has 26 heavy (non-hydrogen) atoms. The number of ether oxygens (including phenoxy) is 1. The molecule has 4 rings (SSSR count). The van der Waals surface area contributed by atoms with Gasteiger partial charge < -0.3 is 20.3 Å². The molecular formula is C19H24N6O. The number of anilines is 3. The fourth-order valence-corrected chi connectivity index (χ4v) is 3.36. The highest BCUT2D eigenvalue weighted by atomic mass is 16.5. The minimum Gasteiger partial charge on any atom is -0.491 e. The molecule has 0 aliphatic carbocycles. The quantitative estimate of drug-likeness (QED) is 0.880. The van der Waals surface area contributed by atoms with E-state index in [9.17, 15) is 0 Å². The molecule has 136 valence electrons. The lowest BCUT2D eigenvalue weighted by atomic mass is 10.1. The highest BCUT2D eigenvalue weighted by Gasteiger charge is 2.19. The number of aromatic nitrogens is 2. The summed E-state index contributed by atoms with van der Waals surface area (Å²) in [5.74, 6) is 2.03. The van der Waals surface area contributed by atoms with Gasteiger partial charge in [-0.05, 0) is 43.1 Å².